The van der Waals surface area contributed by atoms with Crippen molar-refractivity contribution >= 4 is 17.7 Å². The van der Waals surface area contributed by atoms with Crippen molar-refractivity contribution in [3.05, 3.63) is 29.8 Å². The van der Waals surface area contributed by atoms with Crippen LogP contribution in [0.15, 0.2) is 24.3 Å². The second kappa shape index (κ2) is 7.99. The lowest BCUT2D eigenvalue weighted by atomic mass is 9.81. The average Bonchev–Trinajstić information content (AvgIpc) is 2.54. The van der Waals surface area contributed by atoms with Crippen molar-refractivity contribution in [3.8, 4) is 0 Å². The molecule has 126 valence electrons. The highest BCUT2D eigenvalue weighted by atomic mass is 16.5. The molecule has 1 aliphatic rings. The molecule has 0 bridgehead atoms. The molecule has 1 aromatic rings. The Morgan fingerprint density at radius 2 is 1.87 bits per heavy atom. The summed E-state index contributed by atoms with van der Waals surface area (Å²) < 4.78 is 5.08. The second-order valence-corrected chi connectivity index (χ2v) is 6.15. The van der Waals surface area contributed by atoms with Crippen LogP contribution in [0.2, 0.25) is 0 Å². The van der Waals surface area contributed by atoms with Gasteiger partial charge in [0, 0.05) is 12.2 Å². The summed E-state index contributed by atoms with van der Waals surface area (Å²) in [5, 5.41) is 9.54. The number of nitrogens with zero attached hydrogens (tertiary/aromatic N) is 1. The van der Waals surface area contributed by atoms with Crippen molar-refractivity contribution in [3.63, 3.8) is 0 Å². The highest BCUT2D eigenvalue weighted by molar-refractivity contribution is 5.87. The molecule has 5 heteroatoms. The number of hydrogen-bond donors (Lipinski definition) is 1. The van der Waals surface area contributed by atoms with Crippen LogP contribution in [0.25, 0.3) is 0 Å². The van der Waals surface area contributed by atoms with E-state index >= 15 is 0 Å². The van der Waals surface area contributed by atoms with Crippen molar-refractivity contribution in [1.82, 2.24) is 0 Å². The van der Waals surface area contributed by atoms with Gasteiger partial charge < -0.3 is 9.84 Å². The molecule has 0 saturated heterocycles. The molecule has 5 nitrogen and oxygen atoms in total. The molecule has 2 rings (SSSR count). The van der Waals surface area contributed by atoms with E-state index in [2.05, 4.69) is 0 Å². The quantitative estimate of drug-likeness (QED) is 0.837. The van der Waals surface area contributed by atoms with E-state index in [-0.39, 0.29) is 17.8 Å². The average molecular weight is 319 g/mol. The number of benzene rings is 1. The summed E-state index contributed by atoms with van der Waals surface area (Å²) >= 11 is 0. The summed E-state index contributed by atoms with van der Waals surface area (Å²) in [7, 11) is 0. The summed E-state index contributed by atoms with van der Waals surface area (Å²) in [6.07, 6.45) is 2.36. The van der Waals surface area contributed by atoms with Crippen molar-refractivity contribution < 1.29 is 19.4 Å². The number of hydrogen-bond acceptors (Lipinski definition) is 3. The minimum Gasteiger partial charge on any atom is -0.466 e. The maximum atomic E-state index is 11.8. The first-order valence-electron chi connectivity index (χ1n) is 8.25. The normalized spacial score (nSPS) is 20.8. The molecule has 1 amide bonds. The summed E-state index contributed by atoms with van der Waals surface area (Å²) in [5.41, 5.74) is 1.70. The molecule has 0 unspecified atom stereocenters. The molecule has 1 saturated carbocycles. The molecule has 1 aromatic carbocycles. The van der Waals surface area contributed by atoms with Crippen LogP contribution in [0.5, 0.6) is 0 Å². The Hall–Kier alpha value is -2.04. The molecular weight excluding hydrogens is 294 g/mol. The summed E-state index contributed by atoms with van der Waals surface area (Å²) in [6, 6.07) is 7.52. The summed E-state index contributed by atoms with van der Waals surface area (Å²) in [6.45, 7) is 4.63. The largest absolute Gasteiger partial charge is 0.466 e. The van der Waals surface area contributed by atoms with Crippen LogP contribution < -0.4 is 4.90 Å². The zero-order valence-corrected chi connectivity index (χ0v) is 13.8. The van der Waals surface area contributed by atoms with Gasteiger partial charge >= 0.3 is 12.1 Å². The van der Waals surface area contributed by atoms with Gasteiger partial charge in [-0.05, 0) is 57.1 Å². The van der Waals surface area contributed by atoms with Crippen LogP contribution in [0.3, 0.4) is 0 Å². The summed E-state index contributed by atoms with van der Waals surface area (Å²) in [4.78, 5) is 24.8. The van der Waals surface area contributed by atoms with Gasteiger partial charge in [0.05, 0.1) is 12.5 Å². The molecule has 0 heterocycles. The van der Waals surface area contributed by atoms with Gasteiger partial charge in [-0.3, -0.25) is 9.69 Å². The van der Waals surface area contributed by atoms with Crippen LogP contribution in [0, 0.1) is 18.8 Å². The first kappa shape index (κ1) is 17.3. The van der Waals surface area contributed by atoms with Gasteiger partial charge in [-0.1, -0.05) is 18.2 Å². The fraction of sp³-hybridized carbons (Fsp3) is 0.556. The Morgan fingerprint density at radius 1 is 1.22 bits per heavy atom. The topological polar surface area (TPSA) is 66.8 Å². The number of amides is 1. The molecule has 0 spiro atoms. The smallest absolute Gasteiger partial charge is 0.411 e. The van der Waals surface area contributed by atoms with E-state index in [1.54, 1.807) is 0 Å². The molecule has 0 radical (unpaired) electrons. The number of carboxylic acid groups (broad SMARTS) is 1. The number of carbonyl (C=O) groups is 2. The van der Waals surface area contributed by atoms with Crippen LogP contribution >= 0.6 is 0 Å². The highest BCUT2D eigenvalue weighted by Crippen LogP contribution is 2.31. The van der Waals surface area contributed by atoms with Gasteiger partial charge in [0.25, 0.3) is 0 Å². The minimum absolute atomic E-state index is 0.0251. The van der Waals surface area contributed by atoms with E-state index in [1.807, 2.05) is 38.1 Å². The lowest BCUT2D eigenvalue weighted by Gasteiger charge is -2.31. The molecule has 1 fully saturated rings. The Labute approximate surface area is 137 Å². The van der Waals surface area contributed by atoms with Gasteiger partial charge in [-0.2, -0.15) is 0 Å². The fourth-order valence-electron chi connectivity index (χ4n) is 3.24. The Morgan fingerprint density at radius 3 is 2.43 bits per heavy atom. The van der Waals surface area contributed by atoms with E-state index in [9.17, 15) is 14.7 Å². The lowest BCUT2D eigenvalue weighted by molar-refractivity contribution is -0.149. The predicted octanol–water partition coefficient (Wildman–Crippen LogP) is 3.85. The third-order valence-corrected chi connectivity index (χ3v) is 4.54. The number of rotatable bonds is 5. The zero-order chi connectivity index (χ0) is 16.8. The summed E-state index contributed by atoms with van der Waals surface area (Å²) in [5.74, 6) is 0.152. The Kier molecular flexibility index (Phi) is 6.02. The standard InChI is InChI=1S/C18H25NO4/c1-3-23-17(20)15-10-8-14(9-11-15)12-19(18(21)22)16-7-5-4-6-13(16)2/h4-7,14-15H,3,8-12H2,1-2H3,(H,21,22). The maximum Gasteiger partial charge on any atom is 0.411 e. The monoisotopic (exact) mass is 319 g/mol. The maximum absolute atomic E-state index is 11.8. The van der Waals surface area contributed by atoms with Gasteiger partial charge in [0.1, 0.15) is 0 Å². The van der Waals surface area contributed by atoms with E-state index in [1.165, 1.54) is 4.90 Å². The van der Waals surface area contributed by atoms with Crippen LogP contribution in [-0.2, 0) is 9.53 Å². The van der Waals surface area contributed by atoms with Crippen molar-refractivity contribution in [2.24, 2.45) is 11.8 Å². The van der Waals surface area contributed by atoms with E-state index in [0.29, 0.717) is 13.2 Å². The number of ether oxygens (including phenoxy) is 1. The number of aryl methyl sites for hydroxylation is 1. The van der Waals surface area contributed by atoms with E-state index < -0.39 is 6.09 Å². The Balaban J connectivity index is 1.97. The number of esters is 1. The van der Waals surface area contributed by atoms with Crippen LogP contribution in [-0.4, -0.2) is 30.3 Å². The van der Waals surface area contributed by atoms with Crippen molar-refractivity contribution in [2.75, 3.05) is 18.1 Å². The first-order valence-corrected chi connectivity index (χ1v) is 8.25. The predicted molar refractivity (Wildman–Crippen MR) is 88.6 cm³/mol. The van der Waals surface area contributed by atoms with Crippen molar-refractivity contribution in [1.29, 1.82) is 0 Å². The second-order valence-electron chi connectivity index (χ2n) is 6.15. The molecule has 23 heavy (non-hydrogen) atoms. The third kappa shape index (κ3) is 4.47. The van der Waals surface area contributed by atoms with E-state index in [0.717, 1.165) is 36.9 Å². The van der Waals surface area contributed by atoms with Crippen molar-refractivity contribution in [2.45, 2.75) is 39.5 Å². The molecule has 0 aliphatic heterocycles. The highest BCUT2D eigenvalue weighted by Gasteiger charge is 2.29. The molecule has 1 N–H and O–H groups in total. The van der Waals surface area contributed by atoms with E-state index in [4.69, 9.17) is 4.74 Å². The molecule has 0 atom stereocenters. The van der Waals surface area contributed by atoms with Gasteiger partial charge in [0.2, 0.25) is 0 Å². The molecular formula is C18H25NO4. The SMILES string of the molecule is CCOC(=O)C1CCC(CN(C(=O)O)c2ccccc2C)CC1. The zero-order valence-electron chi connectivity index (χ0n) is 13.8. The Bertz CT molecular complexity index is 550. The number of para-hydroxylation sites is 1. The fourth-order valence-corrected chi connectivity index (χ4v) is 3.24. The first-order chi connectivity index (χ1) is 11.0. The van der Waals surface area contributed by atoms with Gasteiger partial charge in [-0.25, -0.2) is 4.79 Å². The molecule has 1 aliphatic carbocycles. The van der Waals surface area contributed by atoms with Gasteiger partial charge in [0.15, 0.2) is 0 Å². The minimum atomic E-state index is -0.924. The lowest BCUT2D eigenvalue weighted by Crippen LogP contribution is -2.36. The number of carbonyl (C=O) groups excluding carboxylic acids is 1. The van der Waals surface area contributed by atoms with Crippen LogP contribution in [0.1, 0.15) is 38.2 Å². The third-order valence-electron chi connectivity index (χ3n) is 4.54. The van der Waals surface area contributed by atoms with Gasteiger partial charge in [-0.15, -0.1) is 0 Å². The number of anilines is 1. The molecule has 0 aromatic heterocycles. The van der Waals surface area contributed by atoms with Crippen LogP contribution in [0.4, 0.5) is 10.5 Å².